The molecule has 0 bridgehead atoms. The highest BCUT2D eigenvalue weighted by Crippen LogP contribution is 2.01. The van der Waals surface area contributed by atoms with Crippen LogP contribution >= 0.6 is 0 Å². The first-order valence-electron chi connectivity index (χ1n) is 3.97. The Morgan fingerprint density at radius 1 is 1.36 bits per heavy atom. The number of hydrogen-bond donors (Lipinski definition) is 1. The molecule has 0 saturated carbocycles. The van der Waals surface area contributed by atoms with E-state index in [4.69, 9.17) is 0 Å². The van der Waals surface area contributed by atoms with E-state index in [-0.39, 0.29) is 6.04 Å². The molecule has 0 unspecified atom stereocenters. The standard InChI is InChI=1S/C7H17NO2S/c1-4-6-7(5-2)8-11(3,9)10/h7-8H,4-6H2,1-3H3/t7-/m0/s1. The average Bonchev–Trinajstić information content (AvgIpc) is 1.84. The molecule has 0 aliphatic rings. The Kier molecular flexibility index (Phi) is 4.68. The molecule has 0 fully saturated rings. The second-order valence-corrected chi connectivity index (χ2v) is 4.56. The first-order valence-corrected chi connectivity index (χ1v) is 5.86. The van der Waals surface area contributed by atoms with Crippen molar-refractivity contribution in [2.75, 3.05) is 6.26 Å². The fourth-order valence-corrected chi connectivity index (χ4v) is 1.89. The molecule has 4 heteroatoms. The smallest absolute Gasteiger partial charge is 0.208 e. The lowest BCUT2D eigenvalue weighted by molar-refractivity contribution is 0.516. The van der Waals surface area contributed by atoms with Gasteiger partial charge in [0.15, 0.2) is 0 Å². The molecule has 0 aliphatic carbocycles. The number of nitrogens with one attached hydrogen (secondary N) is 1. The van der Waals surface area contributed by atoms with Gasteiger partial charge >= 0.3 is 0 Å². The minimum atomic E-state index is -3.01. The average molecular weight is 179 g/mol. The molecule has 0 aromatic carbocycles. The maximum absolute atomic E-state index is 10.8. The summed E-state index contributed by atoms with van der Waals surface area (Å²) in [7, 11) is -3.01. The van der Waals surface area contributed by atoms with Crippen LogP contribution in [-0.2, 0) is 10.0 Å². The van der Waals surface area contributed by atoms with Gasteiger partial charge in [-0.3, -0.25) is 0 Å². The second-order valence-electron chi connectivity index (χ2n) is 2.78. The van der Waals surface area contributed by atoms with E-state index in [0.29, 0.717) is 0 Å². The Morgan fingerprint density at radius 2 is 1.91 bits per heavy atom. The van der Waals surface area contributed by atoms with Crippen LogP contribution in [0.5, 0.6) is 0 Å². The zero-order valence-corrected chi connectivity index (χ0v) is 8.24. The SMILES string of the molecule is CCC[C@H](CC)NS(C)(=O)=O. The van der Waals surface area contributed by atoms with Gasteiger partial charge in [-0.1, -0.05) is 20.3 Å². The summed E-state index contributed by atoms with van der Waals surface area (Å²) in [6.45, 7) is 4.03. The molecule has 0 heterocycles. The van der Waals surface area contributed by atoms with Crippen molar-refractivity contribution in [2.24, 2.45) is 0 Å². The van der Waals surface area contributed by atoms with Crippen molar-refractivity contribution in [1.29, 1.82) is 0 Å². The number of sulfonamides is 1. The molecule has 0 radical (unpaired) electrons. The van der Waals surface area contributed by atoms with E-state index in [1.54, 1.807) is 0 Å². The van der Waals surface area contributed by atoms with E-state index in [0.717, 1.165) is 19.3 Å². The van der Waals surface area contributed by atoms with Gasteiger partial charge in [0.05, 0.1) is 6.26 Å². The topological polar surface area (TPSA) is 46.2 Å². The molecule has 0 spiro atoms. The third-order valence-electron chi connectivity index (χ3n) is 1.51. The van der Waals surface area contributed by atoms with Gasteiger partial charge in [-0.2, -0.15) is 0 Å². The lowest BCUT2D eigenvalue weighted by atomic mass is 10.1. The van der Waals surface area contributed by atoms with Crippen LogP contribution in [-0.4, -0.2) is 20.7 Å². The summed E-state index contributed by atoms with van der Waals surface area (Å²) in [5.74, 6) is 0. The molecule has 68 valence electrons. The predicted octanol–water partition coefficient (Wildman–Crippen LogP) is 1.11. The van der Waals surface area contributed by atoms with Crippen molar-refractivity contribution in [3.63, 3.8) is 0 Å². The summed E-state index contributed by atoms with van der Waals surface area (Å²) in [5, 5.41) is 0. The summed E-state index contributed by atoms with van der Waals surface area (Å²) in [5.41, 5.74) is 0. The largest absolute Gasteiger partial charge is 0.213 e. The molecule has 3 nitrogen and oxygen atoms in total. The van der Waals surface area contributed by atoms with Gasteiger partial charge in [0.25, 0.3) is 0 Å². The summed E-state index contributed by atoms with van der Waals surface area (Å²) < 4.78 is 24.1. The van der Waals surface area contributed by atoms with Crippen LogP contribution in [0, 0.1) is 0 Å². The van der Waals surface area contributed by atoms with Gasteiger partial charge in [-0.05, 0) is 12.8 Å². The third-order valence-corrected chi connectivity index (χ3v) is 2.27. The molecule has 0 aromatic rings. The molecular formula is C7H17NO2S. The Morgan fingerprint density at radius 3 is 2.18 bits per heavy atom. The summed E-state index contributed by atoms with van der Waals surface area (Å²) in [6, 6.07) is 0.120. The highest BCUT2D eigenvalue weighted by atomic mass is 32.2. The monoisotopic (exact) mass is 179 g/mol. The molecule has 0 aliphatic heterocycles. The predicted molar refractivity (Wildman–Crippen MR) is 47.0 cm³/mol. The van der Waals surface area contributed by atoms with Gasteiger partial charge < -0.3 is 0 Å². The van der Waals surface area contributed by atoms with Crippen molar-refractivity contribution in [2.45, 2.75) is 39.2 Å². The highest BCUT2D eigenvalue weighted by molar-refractivity contribution is 7.88. The fraction of sp³-hybridized carbons (Fsp3) is 1.00. The molecule has 0 amide bonds. The van der Waals surface area contributed by atoms with E-state index in [1.165, 1.54) is 6.26 Å². The number of hydrogen-bond acceptors (Lipinski definition) is 2. The van der Waals surface area contributed by atoms with E-state index < -0.39 is 10.0 Å². The highest BCUT2D eigenvalue weighted by Gasteiger charge is 2.09. The zero-order chi connectivity index (χ0) is 8.91. The van der Waals surface area contributed by atoms with Crippen molar-refractivity contribution in [3.05, 3.63) is 0 Å². The first-order chi connectivity index (χ1) is 4.99. The fourth-order valence-electron chi connectivity index (χ4n) is 0.998. The third kappa shape index (κ3) is 6.31. The molecule has 0 aromatic heterocycles. The summed E-state index contributed by atoms with van der Waals surface area (Å²) >= 11 is 0. The van der Waals surface area contributed by atoms with Gasteiger partial charge in [-0.25, -0.2) is 13.1 Å². The van der Waals surface area contributed by atoms with E-state index >= 15 is 0 Å². The quantitative estimate of drug-likeness (QED) is 0.687. The Hall–Kier alpha value is -0.0900. The molecule has 11 heavy (non-hydrogen) atoms. The van der Waals surface area contributed by atoms with Gasteiger partial charge in [0.1, 0.15) is 0 Å². The molecule has 1 atom stereocenters. The lowest BCUT2D eigenvalue weighted by Gasteiger charge is -2.13. The Labute approximate surface area is 69.2 Å². The van der Waals surface area contributed by atoms with E-state index in [1.807, 2.05) is 13.8 Å². The minimum Gasteiger partial charge on any atom is -0.213 e. The molecule has 0 saturated heterocycles. The molecular weight excluding hydrogens is 162 g/mol. The first kappa shape index (κ1) is 10.9. The van der Waals surface area contributed by atoms with Crippen LogP contribution in [0.25, 0.3) is 0 Å². The van der Waals surface area contributed by atoms with Crippen LogP contribution in [0.2, 0.25) is 0 Å². The van der Waals surface area contributed by atoms with Gasteiger partial charge in [0.2, 0.25) is 10.0 Å². The van der Waals surface area contributed by atoms with Gasteiger partial charge in [-0.15, -0.1) is 0 Å². The van der Waals surface area contributed by atoms with Gasteiger partial charge in [0, 0.05) is 6.04 Å². The summed E-state index contributed by atoms with van der Waals surface area (Å²) in [4.78, 5) is 0. The van der Waals surface area contributed by atoms with E-state index in [2.05, 4.69) is 4.72 Å². The maximum Gasteiger partial charge on any atom is 0.208 e. The normalized spacial score (nSPS) is 14.8. The van der Waals surface area contributed by atoms with Crippen LogP contribution in [0.4, 0.5) is 0 Å². The lowest BCUT2D eigenvalue weighted by Crippen LogP contribution is -2.33. The minimum absolute atomic E-state index is 0.120. The zero-order valence-electron chi connectivity index (χ0n) is 7.42. The number of rotatable bonds is 5. The van der Waals surface area contributed by atoms with Crippen molar-refractivity contribution in [1.82, 2.24) is 4.72 Å². The van der Waals surface area contributed by atoms with Crippen LogP contribution in [0.1, 0.15) is 33.1 Å². The Balaban J connectivity index is 3.88. The van der Waals surface area contributed by atoms with Crippen LogP contribution in [0.15, 0.2) is 0 Å². The van der Waals surface area contributed by atoms with Crippen molar-refractivity contribution >= 4 is 10.0 Å². The summed E-state index contributed by atoms with van der Waals surface area (Å²) in [6.07, 6.45) is 4.00. The van der Waals surface area contributed by atoms with Crippen molar-refractivity contribution in [3.8, 4) is 0 Å². The molecule has 1 N–H and O–H groups in total. The maximum atomic E-state index is 10.8. The Bertz CT molecular complexity index is 187. The second kappa shape index (κ2) is 4.72. The van der Waals surface area contributed by atoms with Crippen molar-refractivity contribution < 1.29 is 8.42 Å². The molecule has 0 rings (SSSR count). The van der Waals surface area contributed by atoms with Crippen LogP contribution < -0.4 is 4.72 Å². The van der Waals surface area contributed by atoms with E-state index in [9.17, 15) is 8.42 Å². The van der Waals surface area contributed by atoms with Crippen LogP contribution in [0.3, 0.4) is 0 Å².